The first-order valence-electron chi connectivity index (χ1n) is 5.98. The summed E-state index contributed by atoms with van der Waals surface area (Å²) in [4.78, 5) is 36.5. The van der Waals surface area contributed by atoms with Crippen molar-refractivity contribution in [3.05, 3.63) is 66.5 Å². The molecule has 0 saturated heterocycles. The van der Waals surface area contributed by atoms with E-state index in [-0.39, 0.29) is 16.3 Å². The number of rotatable bonds is 4. The van der Waals surface area contributed by atoms with Crippen LogP contribution in [-0.4, -0.2) is 14.9 Å². The number of alkyl halides is 3. The Kier molecular flexibility index (Phi) is 4.59. The number of nitrogens with zero attached hydrogens (tertiary/aromatic N) is 1. The molecule has 23 heavy (non-hydrogen) atoms. The second kappa shape index (κ2) is 6.28. The molecule has 1 aromatic carbocycles. The SMILES string of the molecule is O=c1cc(CSc2ccc(C(F)(F)F)cc2[N+](=O)[O-])[nH]c(=O)[nH]1. The third-order valence-corrected chi connectivity index (χ3v) is 3.79. The standard InChI is InChI=1S/C12H8F3N3O4S/c13-12(14,15)6-1-2-9(8(3-6)18(21)22)23-5-7-4-10(19)17-11(20)16-7/h1-4H,5H2,(H2,16,17,19,20). The van der Waals surface area contributed by atoms with Gasteiger partial charge in [-0.2, -0.15) is 13.2 Å². The normalized spacial score (nSPS) is 11.4. The lowest BCUT2D eigenvalue weighted by Gasteiger charge is -2.08. The highest BCUT2D eigenvalue weighted by Crippen LogP contribution is 2.37. The van der Waals surface area contributed by atoms with Crippen LogP contribution in [0.4, 0.5) is 18.9 Å². The van der Waals surface area contributed by atoms with E-state index in [0.29, 0.717) is 6.07 Å². The predicted octanol–water partition coefficient (Wildman–Crippen LogP) is 2.28. The van der Waals surface area contributed by atoms with Crippen molar-refractivity contribution in [1.29, 1.82) is 0 Å². The van der Waals surface area contributed by atoms with Crippen molar-refractivity contribution in [2.45, 2.75) is 16.8 Å². The van der Waals surface area contributed by atoms with Gasteiger partial charge >= 0.3 is 11.9 Å². The number of nitro groups is 1. The average molecular weight is 347 g/mol. The van der Waals surface area contributed by atoms with E-state index in [1.54, 1.807) is 0 Å². The van der Waals surface area contributed by atoms with Gasteiger partial charge in [-0.15, -0.1) is 11.8 Å². The summed E-state index contributed by atoms with van der Waals surface area (Å²) in [5.74, 6) is -0.0225. The van der Waals surface area contributed by atoms with Crippen molar-refractivity contribution in [1.82, 2.24) is 9.97 Å². The fourth-order valence-corrected chi connectivity index (χ4v) is 2.62. The molecule has 0 atom stereocenters. The zero-order chi connectivity index (χ0) is 17.2. The average Bonchev–Trinajstić information content (AvgIpc) is 2.42. The third kappa shape index (κ3) is 4.22. The van der Waals surface area contributed by atoms with Crippen molar-refractivity contribution >= 4 is 17.4 Å². The Labute approximate surface area is 129 Å². The van der Waals surface area contributed by atoms with E-state index >= 15 is 0 Å². The lowest BCUT2D eigenvalue weighted by molar-refractivity contribution is -0.388. The van der Waals surface area contributed by atoms with E-state index in [1.807, 2.05) is 4.98 Å². The van der Waals surface area contributed by atoms with E-state index in [1.165, 1.54) is 0 Å². The Hall–Kier alpha value is -2.56. The van der Waals surface area contributed by atoms with Gasteiger partial charge in [-0.05, 0) is 12.1 Å². The molecule has 1 heterocycles. The zero-order valence-corrected chi connectivity index (χ0v) is 12.0. The molecule has 0 aliphatic rings. The molecule has 0 amide bonds. The first-order valence-corrected chi connectivity index (χ1v) is 6.96. The second-order valence-electron chi connectivity index (χ2n) is 4.34. The van der Waals surface area contributed by atoms with Crippen molar-refractivity contribution in [3.8, 4) is 0 Å². The monoisotopic (exact) mass is 347 g/mol. The Morgan fingerprint density at radius 3 is 2.43 bits per heavy atom. The summed E-state index contributed by atoms with van der Waals surface area (Å²) in [7, 11) is 0. The Morgan fingerprint density at radius 2 is 1.87 bits per heavy atom. The van der Waals surface area contributed by atoms with Gasteiger partial charge < -0.3 is 4.98 Å². The molecule has 0 spiro atoms. The number of benzene rings is 1. The molecule has 7 nitrogen and oxygen atoms in total. The molecule has 0 unspecified atom stereocenters. The van der Waals surface area contributed by atoms with Gasteiger partial charge in [-0.1, -0.05) is 0 Å². The Morgan fingerprint density at radius 1 is 1.17 bits per heavy atom. The predicted molar refractivity (Wildman–Crippen MR) is 75.3 cm³/mol. The Bertz CT molecular complexity index is 831. The number of halogens is 3. The van der Waals surface area contributed by atoms with Crippen molar-refractivity contribution in [2.24, 2.45) is 0 Å². The molecule has 0 aliphatic carbocycles. The summed E-state index contributed by atoms with van der Waals surface area (Å²) >= 11 is 0.833. The zero-order valence-electron chi connectivity index (χ0n) is 11.1. The number of aromatic amines is 2. The third-order valence-electron chi connectivity index (χ3n) is 2.68. The van der Waals surface area contributed by atoms with Gasteiger partial charge in [0.25, 0.3) is 11.2 Å². The molecule has 2 aromatic rings. The maximum Gasteiger partial charge on any atom is 0.416 e. The van der Waals surface area contributed by atoms with Crippen molar-refractivity contribution < 1.29 is 18.1 Å². The van der Waals surface area contributed by atoms with Crippen LogP contribution in [0.2, 0.25) is 0 Å². The number of nitrogens with one attached hydrogen (secondary N) is 2. The topological polar surface area (TPSA) is 109 Å². The molecule has 1 aromatic heterocycles. The highest BCUT2D eigenvalue weighted by Gasteiger charge is 2.33. The van der Waals surface area contributed by atoms with Gasteiger partial charge in [0.1, 0.15) is 0 Å². The molecule has 0 aliphatic heterocycles. The molecular weight excluding hydrogens is 339 g/mol. The summed E-state index contributed by atoms with van der Waals surface area (Å²) in [5.41, 5.74) is -3.02. The van der Waals surface area contributed by atoms with Crippen molar-refractivity contribution in [3.63, 3.8) is 0 Å². The molecule has 122 valence electrons. The van der Waals surface area contributed by atoms with Crippen LogP contribution in [0.5, 0.6) is 0 Å². The number of nitro benzene ring substituents is 1. The molecule has 0 radical (unpaired) electrons. The molecule has 0 bridgehead atoms. The minimum Gasteiger partial charge on any atom is -0.310 e. The van der Waals surface area contributed by atoms with E-state index in [2.05, 4.69) is 4.98 Å². The molecule has 2 rings (SSSR count). The molecule has 0 fully saturated rings. The summed E-state index contributed by atoms with van der Waals surface area (Å²) in [6.45, 7) is 0. The highest BCUT2D eigenvalue weighted by molar-refractivity contribution is 7.98. The lowest BCUT2D eigenvalue weighted by Crippen LogP contribution is -2.22. The largest absolute Gasteiger partial charge is 0.416 e. The molecule has 11 heteroatoms. The molecule has 2 N–H and O–H groups in total. The van der Waals surface area contributed by atoms with Crippen LogP contribution in [0.15, 0.2) is 38.8 Å². The number of hydrogen-bond donors (Lipinski definition) is 2. The molecule has 0 saturated carbocycles. The number of aromatic nitrogens is 2. The second-order valence-corrected chi connectivity index (χ2v) is 5.36. The summed E-state index contributed by atoms with van der Waals surface area (Å²) in [5, 5.41) is 10.9. The minimum atomic E-state index is -4.69. The van der Waals surface area contributed by atoms with Crippen LogP contribution in [-0.2, 0) is 11.9 Å². The van der Waals surface area contributed by atoms with Gasteiger partial charge in [0, 0.05) is 23.6 Å². The van der Waals surface area contributed by atoms with E-state index in [4.69, 9.17) is 0 Å². The van der Waals surface area contributed by atoms with Gasteiger partial charge in [-0.25, -0.2) is 4.79 Å². The highest BCUT2D eigenvalue weighted by atomic mass is 32.2. The van der Waals surface area contributed by atoms with E-state index in [0.717, 1.165) is 30.0 Å². The van der Waals surface area contributed by atoms with Crippen LogP contribution in [0, 0.1) is 10.1 Å². The number of thioether (sulfide) groups is 1. The maximum atomic E-state index is 12.6. The first-order chi connectivity index (χ1) is 10.7. The van der Waals surface area contributed by atoms with E-state index < -0.39 is 33.6 Å². The summed E-state index contributed by atoms with van der Waals surface area (Å²) in [6.07, 6.45) is -4.69. The smallest absolute Gasteiger partial charge is 0.310 e. The van der Waals surface area contributed by atoms with Crippen LogP contribution in [0.25, 0.3) is 0 Å². The minimum absolute atomic E-state index is 0.0101. The van der Waals surface area contributed by atoms with Gasteiger partial charge in [0.05, 0.1) is 15.4 Å². The van der Waals surface area contributed by atoms with Crippen LogP contribution in [0.3, 0.4) is 0 Å². The number of hydrogen-bond acceptors (Lipinski definition) is 5. The molecular formula is C12H8F3N3O4S. The first kappa shape index (κ1) is 16.8. The fourth-order valence-electron chi connectivity index (χ4n) is 1.71. The fraction of sp³-hybridized carbons (Fsp3) is 0.167. The summed E-state index contributed by atoms with van der Waals surface area (Å²) in [6, 6.07) is 3.25. The number of H-pyrrole nitrogens is 2. The maximum absolute atomic E-state index is 12.6. The summed E-state index contributed by atoms with van der Waals surface area (Å²) < 4.78 is 37.8. The Balaban J connectivity index is 2.30. The van der Waals surface area contributed by atoms with Crippen LogP contribution >= 0.6 is 11.8 Å². The van der Waals surface area contributed by atoms with E-state index in [9.17, 15) is 32.9 Å². The van der Waals surface area contributed by atoms with Crippen LogP contribution in [0.1, 0.15) is 11.3 Å². The van der Waals surface area contributed by atoms with Crippen molar-refractivity contribution in [2.75, 3.05) is 0 Å². The van der Waals surface area contributed by atoms with Crippen LogP contribution < -0.4 is 11.2 Å². The van der Waals surface area contributed by atoms with Gasteiger partial charge in [0.2, 0.25) is 0 Å². The quantitative estimate of drug-likeness (QED) is 0.501. The van der Waals surface area contributed by atoms with Gasteiger partial charge in [-0.3, -0.25) is 19.9 Å². The lowest BCUT2D eigenvalue weighted by atomic mass is 10.2. The van der Waals surface area contributed by atoms with Gasteiger partial charge in [0.15, 0.2) is 0 Å².